The summed E-state index contributed by atoms with van der Waals surface area (Å²) in [5.74, 6) is 2.74. The Balaban J connectivity index is 0.00000363. The fourth-order valence-electron chi connectivity index (χ4n) is 3.60. The van der Waals surface area contributed by atoms with Crippen molar-refractivity contribution in [1.29, 1.82) is 0 Å². The molecule has 1 aromatic carbocycles. The second-order valence-electron chi connectivity index (χ2n) is 9.20. The summed E-state index contributed by atoms with van der Waals surface area (Å²) < 4.78 is 5.85. The van der Waals surface area contributed by atoms with Crippen molar-refractivity contribution in [2.24, 2.45) is 10.9 Å². The molecule has 3 N–H and O–H groups in total. The number of guanidine groups is 1. The van der Waals surface area contributed by atoms with E-state index in [4.69, 9.17) is 9.41 Å². The molecule has 2 aromatic rings. The highest BCUT2D eigenvalue weighted by Gasteiger charge is 2.20. The predicted molar refractivity (Wildman–Crippen MR) is 141 cm³/mol. The molecule has 7 nitrogen and oxygen atoms in total. The number of hydrogen-bond acceptors (Lipinski definition) is 5. The fraction of sp³-hybridized carbons (Fsp3) is 0.583. The molecule has 3 rings (SSSR count). The van der Waals surface area contributed by atoms with E-state index in [2.05, 4.69) is 72.5 Å². The lowest BCUT2D eigenvalue weighted by Crippen LogP contribution is -2.36. The van der Waals surface area contributed by atoms with E-state index in [9.17, 15) is 5.11 Å². The van der Waals surface area contributed by atoms with Gasteiger partial charge in [-0.05, 0) is 43.4 Å². The van der Waals surface area contributed by atoms with E-state index < -0.39 is 0 Å². The van der Waals surface area contributed by atoms with Crippen LogP contribution < -0.4 is 15.5 Å². The largest absolute Gasteiger partial charge is 0.443 e. The zero-order valence-electron chi connectivity index (χ0n) is 19.7. The lowest BCUT2D eigenvalue weighted by atomic mass is 9.94. The van der Waals surface area contributed by atoms with Crippen LogP contribution in [0.1, 0.15) is 57.8 Å². The molecule has 8 heteroatoms. The maximum absolute atomic E-state index is 9.31. The third-order valence-electron chi connectivity index (χ3n) is 5.64. The van der Waals surface area contributed by atoms with Gasteiger partial charge in [0.1, 0.15) is 5.76 Å². The molecule has 0 atom stereocenters. The zero-order valence-corrected chi connectivity index (χ0v) is 22.1. The molecule has 1 aliphatic heterocycles. The predicted octanol–water partition coefficient (Wildman–Crippen LogP) is 4.05. The van der Waals surface area contributed by atoms with Gasteiger partial charge in [0.15, 0.2) is 5.96 Å². The Bertz CT molecular complexity index is 837. The monoisotopic (exact) mass is 555 g/mol. The smallest absolute Gasteiger partial charge is 0.213 e. The van der Waals surface area contributed by atoms with E-state index >= 15 is 0 Å². The lowest BCUT2D eigenvalue weighted by Gasteiger charge is -2.32. The van der Waals surface area contributed by atoms with Crippen LogP contribution >= 0.6 is 24.0 Å². The minimum atomic E-state index is -0.0509. The van der Waals surface area contributed by atoms with Gasteiger partial charge in [0, 0.05) is 37.3 Å². The maximum Gasteiger partial charge on any atom is 0.213 e. The number of anilines is 1. The molecule has 32 heavy (non-hydrogen) atoms. The Morgan fingerprint density at radius 1 is 1.19 bits per heavy atom. The number of aliphatic imine (C=N–C) groups is 1. The van der Waals surface area contributed by atoms with Gasteiger partial charge >= 0.3 is 0 Å². The second-order valence-corrected chi connectivity index (χ2v) is 9.20. The van der Waals surface area contributed by atoms with Crippen molar-refractivity contribution in [1.82, 2.24) is 15.6 Å². The molecule has 0 saturated carbocycles. The first kappa shape index (κ1) is 26.4. The molecule has 1 aromatic heterocycles. The van der Waals surface area contributed by atoms with Crippen LogP contribution in [-0.4, -0.2) is 42.3 Å². The van der Waals surface area contributed by atoms with Crippen LogP contribution in [0, 0.1) is 5.92 Å². The van der Waals surface area contributed by atoms with Crippen LogP contribution in [0.15, 0.2) is 39.9 Å². The molecule has 1 fully saturated rings. The van der Waals surface area contributed by atoms with Crippen molar-refractivity contribution < 1.29 is 9.52 Å². The molecule has 178 valence electrons. The Hall–Kier alpha value is -1.81. The Kier molecular flexibility index (Phi) is 10.3. The molecule has 0 spiro atoms. The number of nitrogens with one attached hydrogen (secondary N) is 2. The van der Waals surface area contributed by atoms with E-state index in [1.165, 1.54) is 5.69 Å². The van der Waals surface area contributed by atoms with Crippen LogP contribution in [0.4, 0.5) is 5.69 Å². The summed E-state index contributed by atoms with van der Waals surface area (Å²) in [5.41, 5.74) is 2.36. The zero-order chi connectivity index (χ0) is 22.3. The van der Waals surface area contributed by atoms with Gasteiger partial charge in [-0.3, -0.25) is 0 Å². The number of rotatable bonds is 7. The quantitative estimate of drug-likeness (QED) is 0.272. The van der Waals surface area contributed by atoms with Crippen LogP contribution in [0.2, 0.25) is 0 Å². The summed E-state index contributed by atoms with van der Waals surface area (Å²) in [6, 6.07) is 8.63. The summed E-state index contributed by atoms with van der Waals surface area (Å²) in [6.45, 7) is 12.6. The number of aromatic nitrogens is 1. The van der Waals surface area contributed by atoms with Crippen LogP contribution in [0.25, 0.3) is 0 Å². The maximum atomic E-state index is 9.31. The lowest BCUT2D eigenvalue weighted by molar-refractivity contribution is 0.203. The number of aliphatic hydroxyl groups excluding tert-OH is 1. The number of aliphatic hydroxyl groups is 1. The van der Waals surface area contributed by atoms with Gasteiger partial charge in [-0.25, -0.2) is 9.98 Å². The average Bonchev–Trinajstić information content (AvgIpc) is 3.26. The molecule has 0 unspecified atom stereocenters. The molecule has 1 saturated heterocycles. The normalized spacial score (nSPS) is 15.4. The van der Waals surface area contributed by atoms with Crippen LogP contribution in [0.5, 0.6) is 0 Å². The summed E-state index contributed by atoms with van der Waals surface area (Å²) >= 11 is 0. The highest BCUT2D eigenvalue weighted by atomic mass is 127. The third kappa shape index (κ3) is 7.65. The van der Waals surface area contributed by atoms with Crippen LogP contribution in [0.3, 0.4) is 0 Å². The summed E-state index contributed by atoms with van der Waals surface area (Å²) in [5, 5.41) is 15.9. The summed E-state index contributed by atoms with van der Waals surface area (Å²) in [4.78, 5) is 11.5. The SMILES string of the molecule is CCNC(=NCc1ccc(N2CCC(CO)CC2)cc1)NCc1ncc(C(C)(C)C)o1.I. The molecule has 0 aliphatic carbocycles. The number of halogens is 1. The van der Waals surface area contributed by atoms with E-state index in [1.54, 1.807) is 6.20 Å². The van der Waals surface area contributed by atoms with Crippen molar-refractivity contribution in [3.8, 4) is 0 Å². The van der Waals surface area contributed by atoms with Gasteiger partial charge in [0.05, 0.1) is 19.3 Å². The van der Waals surface area contributed by atoms with Crippen LogP contribution in [-0.2, 0) is 18.5 Å². The number of hydrogen-bond donors (Lipinski definition) is 3. The highest BCUT2D eigenvalue weighted by Crippen LogP contribution is 2.24. The van der Waals surface area contributed by atoms with Gasteiger partial charge < -0.3 is 25.1 Å². The Morgan fingerprint density at radius 3 is 2.44 bits per heavy atom. The second kappa shape index (κ2) is 12.4. The van der Waals surface area contributed by atoms with Gasteiger partial charge in [0.2, 0.25) is 5.89 Å². The van der Waals surface area contributed by atoms with Gasteiger partial charge in [-0.15, -0.1) is 24.0 Å². The van der Waals surface area contributed by atoms with Crippen molar-refractivity contribution in [3.05, 3.63) is 47.7 Å². The van der Waals surface area contributed by atoms with Crippen molar-refractivity contribution in [2.45, 2.75) is 59.0 Å². The fourth-order valence-corrected chi connectivity index (χ4v) is 3.60. The molecule has 1 aliphatic rings. The summed E-state index contributed by atoms with van der Waals surface area (Å²) in [6.07, 6.45) is 3.92. The molecular formula is C24H38IN5O2. The number of piperidine rings is 1. The number of benzene rings is 1. The minimum absolute atomic E-state index is 0. The van der Waals surface area contributed by atoms with Crippen molar-refractivity contribution >= 4 is 35.6 Å². The first-order valence-corrected chi connectivity index (χ1v) is 11.3. The van der Waals surface area contributed by atoms with Crippen molar-refractivity contribution in [3.63, 3.8) is 0 Å². The van der Waals surface area contributed by atoms with Gasteiger partial charge in [-0.2, -0.15) is 0 Å². The average molecular weight is 556 g/mol. The van der Waals surface area contributed by atoms with Gasteiger partial charge in [0.25, 0.3) is 0 Å². The van der Waals surface area contributed by atoms with E-state index in [0.29, 0.717) is 31.5 Å². The molecule has 0 amide bonds. The minimum Gasteiger partial charge on any atom is -0.443 e. The van der Waals surface area contributed by atoms with E-state index in [1.807, 2.05) is 0 Å². The highest BCUT2D eigenvalue weighted by molar-refractivity contribution is 14.0. The summed E-state index contributed by atoms with van der Waals surface area (Å²) in [7, 11) is 0. The third-order valence-corrected chi connectivity index (χ3v) is 5.64. The molecule has 0 bridgehead atoms. The molecule has 2 heterocycles. The molecular weight excluding hydrogens is 517 g/mol. The van der Waals surface area contributed by atoms with E-state index in [-0.39, 0.29) is 29.4 Å². The Labute approximate surface area is 209 Å². The van der Waals surface area contributed by atoms with Gasteiger partial charge in [-0.1, -0.05) is 32.9 Å². The topological polar surface area (TPSA) is 85.9 Å². The number of oxazole rings is 1. The Morgan fingerprint density at radius 2 is 1.88 bits per heavy atom. The first-order chi connectivity index (χ1) is 14.9. The van der Waals surface area contributed by atoms with E-state index in [0.717, 1.165) is 49.8 Å². The number of nitrogens with zero attached hydrogens (tertiary/aromatic N) is 3. The first-order valence-electron chi connectivity index (χ1n) is 11.3. The standard InChI is InChI=1S/C24H37N5O2.HI/c1-5-25-23(28-16-22-26-15-21(31-22)24(2,3)4)27-14-18-6-8-20(9-7-18)29-12-10-19(17-30)11-13-29;/h6-9,15,19,30H,5,10-14,16-17H2,1-4H3,(H2,25,27,28);1H. The van der Waals surface area contributed by atoms with Crippen molar-refractivity contribution in [2.75, 3.05) is 31.1 Å². The molecule has 0 radical (unpaired) electrons.